The second kappa shape index (κ2) is 6.52. The number of carbonyl (C=O) groups is 2. The molecule has 1 fully saturated rings. The van der Waals surface area contributed by atoms with Crippen molar-refractivity contribution >= 4 is 23.5 Å². The number of amides is 1. The molecule has 0 aromatic carbocycles. The molecule has 2 unspecified atom stereocenters. The van der Waals surface area contributed by atoms with Gasteiger partial charge in [-0.3, -0.25) is 9.59 Å². The van der Waals surface area contributed by atoms with Gasteiger partial charge in [-0.25, -0.2) is 0 Å². The van der Waals surface area contributed by atoms with E-state index in [0.29, 0.717) is 23.6 Å². The number of hydrogen-bond donors (Lipinski definition) is 2. The van der Waals surface area contributed by atoms with E-state index in [1.54, 1.807) is 16.8 Å². The molecule has 1 heterocycles. The van der Waals surface area contributed by atoms with Gasteiger partial charge < -0.3 is 15.0 Å². The SMILES string of the molecule is CC(C)n1cc(Cl)cc1C(=O)NC1CCCCC1C(=O)O. The van der Waals surface area contributed by atoms with Crippen molar-refractivity contribution in [3.8, 4) is 0 Å². The molecule has 2 atom stereocenters. The van der Waals surface area contributed by atoms with Gasteiger partial charge in [0.25, 0.3) is 5.91 Å². The molecule has 0 spiro atoms. The summed E-state index contributed by atoms with van der Waals surface area (Å²) < 4.78 is 1.80. The Bertz CT molecular complexity index is 539. The van der Waals surface area contributed by atoms with Crippen molar-refractivity contribution in [1.29, 1.82) is 0 Å². The standard InChI is InChI=1S/C15H21ClN2O3/c1-9(2)18-8-10(16)7-13(18)14(19)17-12-6-4-3-5-11(12)15(20)21/h7-9,11-12H,3-6H2,1-2H3,(H,17,19)(H,20,21). The zero-order chi connectivity index (χ0) is 15.6. The number of carboxylic acids is 1. The average Bonchev–Trinajstić information content (AvgIpc) is 2.81. The first-order valence-electron chi connectivity index (χ1n) is 7.31. The fourth-order valence-electron chi connectivity index (χ4n) is 2.90. The molecule has 1 saturated carbocycles. The van der Waals surface area contributed by atoms with Crippen LogP contribution in [-0.4, -0.2) is 27.6 Å². The Morgan fingerprint density at radius 2 is 2.05 bits per heavy atom. The quantitative estimate of drug-likeness (QED) is 0.897. The van der Waals surface area contributed by atoms with Gasteiger partial charge in [-0.05, 0) is 32.8 Å². The van der Waals surface area contributed by atoms with Gasteiger partial charge in [-0.15, -0.1) is 0 Å². The van der Waals surface area contributed by atoms with Crippen LogP contribution < -0.4 is 5.32 Å². The maximum Gasteiger partial charge on any atom is 0.308 e. The number of carboxylic acid groups (broad SMARTS) is 1. The van der Waals surface area contributed by atoms with Crippen LogP contribution in [0.1, 0.15) is 56.1 Å². The summed E-state index contributed by atoms with van der Waals surface area (Å²) in [5, 5.41) is 12.6. The predicted octanol–water partition coefficient (Wildman–Crippen LogP) is 3.10. The van der Waals surface area contributed by atoms with Gasteiger partial charge in [0.15, 0.2) is 0 Å². The van der Waals surface area contributed by atoms with Gasteiger partial charge in [0, 0.05) is 18.3 Å². The number of nitrogens with zero attached hydrogens (tertiary/aromatic N) is 1. The van der Waals surface area contributed by atoms with Gasteiger partial charge in [0.05, 0.1) is 10.9 Å². The lowest BCUT2D eigenvalue weighted by Gasteiger charge is -2.29. The van der Waals surface area contributed by atoms with E-state index in [0.717, 1.165) is 12.8 Å². The highest BCUT2D eigenvalue weighted by molar-refractivity contribution is 6.31. The zero-order valence-corrected chi connectivity index (χ0v) is 13.1. The van der Waals surface area contributed by atoms with Gasteiger partial charge in [-0.2, -0.15) is 0 Å². The van der Waals surface area contributed by atoms with Crippen LogP contribution in [0.5, 0.6) is 0 Å². The average molecular weight is 313 g/mol. The van der Waals surface area contributed by atoms with Gasteiger partial charge in [-0.1, -0.05) is 24.4 Å². The summed E-state index contributed by atoms with van der Waals surface area (Å²) in [6, 6.07) is 1.42. The third-order valence-corrected chi connectivity index (χ3v) is 4.21. The van der Waals surface area contributed by atoms with Gasteiger partial charge in [0.2, 0.25) is 0 Å². The molecule has 2 N–H and O–H groups in total. The lowest BCUT2D eigenvalue weighted by Crippen LogP contribution is -2.45. The summed E-state index contributed by atoms with van der Waals surface area (Å²) in [5.41, 5.74) is 0.477. The third kappa shape index (κ3) is 3.59. The van der Waals surface area contributed by atoms with Crippen LogP contribution in [0.2, 0.25) is 5.02 Å². The monoisotopic (exact) mass is 312 g/mol. The highest BCUT2D eigenvalue weighted by Gasteiger charge is 2.32. The number of nitrogens with one attached hydrogen (secondary N) is 1. The molecule has 2 rings (SSSR count). The number of aliphatic carboxylic acids is 1. The number of aromatic nitrogens is 1. The molecule has 1 aromatic rings. The third-order valence-electron chi connectivity index (χ3n) is 4.00. The van der Waals surface area contributed by atoms with Crippen LogP contribution in [-0.2, 0) is 4.79 Å². The minimum atomic E-state index is -0.836. The molecule has 116 valence electrons. The molecule has 0 aliphatic heterocycles. The highest BCUT2D eigenvalue weighted by atomic mass is 35.5. The molecule has 6 heteroatoms. The minimum absolute atomic E-state index is 0.111. The first-order chi connectivity index (χ1) is 9.90. The molecule has 0 saturated heterocycles. The second-order valence-electron chi connectivity index (χ2n) is 5.85. The normalized spacial score (nSPS) is 22.3. The van der Waals surface area contributed by atoms with Crippen molar-refractivity contribution in [3.63, 3.8) is 0 Å². The molecular formula is C15H21ClN2O3. The van der Waals surface area contributed by atoms with Crippen LogP contribution in [0.25, 0.3) is 0 Å². The van der Waals surface area contributed by atoms with Crippen molar-refractivity contribution in [3.05, 3.63) is 23.0 Å². The Kier molecular flexibility index (Phi) is 4.93. The Morgan fingerprint density at radius 1 is 1.38 bits per heavy atom. The molecule has 1 aliphatic carbocycles. The Morgan fingerprint density at radius 3 is 2.67 bits per heavy atom. The molecular weight excluding hydrogens is 292 g/mol. The van der Waals surface area contributed by atoms with E-state index < -0.39 is 11.9 Å². The van der Waals surface area contributed by atoms with E-state index in [9.17, 15) is 14.7 Å². The Labute approximate surface area is 129 Å². The summed E-state index contributed by atoms with van der Waals surface area (Å²) in [4.78, 5) is 23.7. The number of rotatable bonds is 4. The van der Waals surface area contributed by atoms with Crippen molar-refractivity contribution < 1.29 is 14.7 Å². The van der Waals surface area contributed by atoms with Crippen LogP contribution in [0.3, 0.4) is 0 Å². The van der Waals surface area contributed by atoms with E-state index in [1.165, 1.54) is 0 Å². The van der Waals surface area contributed by atoms with Crippen LogP contribution in [0.15, 0.2) is 12.3 Å². The van der Waals surface area contributed by atoms with E-state index in [4.69, 9.17) is 11.6 Å². The highest BCUT2D eigenvalue weighted by Crippen LogP contribution is 2.26. The topological polar surface area (TPSA) is 71.3 Å². The summed E-state index contributed by atoms with van der Waals surface area (Å²) in [5.74, 6) is -1.59. The van der Waals surface area contributed by atoms with Gasteiger partial charge in [0.1, 0.15) is 5.69 Å². The smallest absolute Gasteiger partial charge is 0.308 e. The van der Waals surface area contributed by atoms with E-state index in [1.807, 2.05) is 13.8 Å². The van der Waals surface area contributed by atoms with Crippen LogP contribution in [0, 0.1) is 5.92 Å². The van der Waals surface area contributed by atoms with Crippen molar-refractivity contribution in [2.45, 2.75) is 51.6 Å². The van der Waals surface area contributed by atoms with Crippen molar-refractivity contribution in [2.75, 3.05) is 0 Å². The lowest BCUT2D eigenvalue weighted by atomic mass is 9.84. The Balaban J connectivity index is 2.15. The number of halogens is 1. The van der Waals surface area contributed by atoms with Crippen molar-refractivity contribution in [2.24, 2.45) is 5.92 Å². The first kappa shape index (κ1) is 15.9. The fourth-order valence-corrected chi connectivity index (χ4v) is 3.10. The predicted molar refractivity (Wildman–Crippen MR) is 80.7 cm³/mol. The Hall–Kier alpha value is -1.49. The first-order valence-corrected chi connectivity index (χ1v) is 7.69. The molecule has 1 aliphatic rings. The minimum Gasteiger partial charge on any atom is -0.481 e. The molecule has 0 bridgehead atoms. The maximum absolute atomic E-state index is 12.4. The summed E-state index contributed by atoms with van der Waals surface area (Å²) in [6.45, 7) is 3.93. The van der Waals surface area contributed by atoms with E-state index >= 15 is 0 Å². The maximum atomic E-state index is 12.4. The summed E-state index contributed by atoms with van der Waals surface area (Å²) >= 11 is 5.98. The molecule has 1 aromatic heterocycles. The number of hydrogen-bond acceptors (Lipinski definition) is 2. The molecule has 21 heavy (non-hydrogen) atoms. The molecule has 5 nitrogen and oxygen atoms in total. The van der Waals surface area contributed by atoms with Crippen LogP contribution >= 0.6 is 11.6 Å². The summed E-state index contributed by atoms with van der Waals surface area (Å²) in [6.07, 6.45) is 4.89. The van der Waals surface area contributed by atoms with Crippen molar-refractivity contribution in [1.82, 2.24) is 9.88 Å². The largest absolute Gasteiger partial charge is 0.481 e. The van der Waals surface area contributed by atoms with E-state index in [-0.39, 0.29) is 18.0 Å². The number of carbonyl (C=O) groups excluding carboxylic acids is 1. The molecule has 0 radical (unpaired) electrons. The van der Waals surface area contributed by atoms with Crippen LogP contribution in [0.4, 0.5) is 0 Å². The second-order valence-corrected chi connectivity index (χ2v) is 6.29. The summed E-state index contributed by atoms with van der Waals surface area (Å²) in [7, 11) is 0. The fraction of sp³-hybridized carbons (Fsp3) is 0.600. The lowest BCUT2D eigenvalue weighted by molar-refractivity contribution is -0.143. The molecule has 1 amide bonds. The zero-order valence-electron chi connectivity index (χ0n) is 12.3. The van der Waals surface area contributed by atoms with Gasteiger partial charge >= 0.3 is 5.97 Å². The van der Waals surface area contributed by atoms with E-state index in [2.05, 4.69) is 5.32 Å².